The molecular weight excluding hydrogens is 398 g/mol. The van der Waals surface area contributed by atoms with Crippen LogP contribution in [0, 0.1) is 17.8 Å². The summed E-state index contributed by atoms with van der Waals surface area (Å²) in [6, 6.07) is 10.2. The molecule has 2 aliphatic rings. The van der Waals surface area contributed by atoms with Crippen molar-refractivity contribution >= 4 is 24.2 Å². The van der Waals surface area contributed by atoms with E-state index in [0.717, 1.165) is 64.7 Å². The monoisotopic (exact) mass is 435 g/mol. The molecule has 0 spiro atoms. The number of likely N-dealkylation sites (tertiary alicyclic amines) is 1. The number of nitrogens with one attached hydrogen (secondary N) is 2. The first kappa shape index (κ1) is 24.7. The van der Waals surface area contributed by atoms with Crippen molar-refractivity contribution in [2.24, 2.45) is 17.8 Å². The number of carbonyl (C=O) groups excluding carboxylic acids is 2. The zero-order chi connectivity index (χ0) is 20.6. The molecule has 168 valence electrons. The predicted octanol–water partition coefficient (Wildman–Crippen LogP) is 3.42. The summed E-state index contributed by atoms with van der Waals surface area (Å²) >= 11 is 0. The number of piperidine rings is 2. The predicted molar refractivity (Wildman–Crippen MR) is 124 cm³/mol. The van der Waals surface area contributed by atoms with Gasteiger partial charge in [-0.3, -0.25) is 9.59 Å². The highest BCUT2D eigenvalue weighted by Crippen LogP contribution is 2.23. The molecule has 0 saturated carbocycles. The highest BCUT2D eigenvalue weighted by atomic mass is 35.5. The Labute approximate surface area is 187 Å². The Morgan fingerprint density at radius 3 is 2.33 bits per heavy atom. The first-order valence-corrected chi connectivity index (χ1v) is 11.4. The van der Waals surface area contributed by atoms with Gasteiger partial charge in [-0.2, -0.15) is 0 Å². The number of carbonyl (C=O) groups is 2. The molecule has 3 rings (SSSR count). The van der Waals surface area contributed by atoms with Crippen molar-refractivity contribution in [2.45, 2.75) is 58.4 Å². The number of hydrogen-bond donors (Lipinski definition) is 2. The SMILES string of the molecule is CCC(C)C(NC(=O)C1CCNCC1)C(=O)N1CCC(Cc2ccccc2)CC1.Cl. The van der Waals surface area contributed by atoms with E-state index in [1.807, 2.05) is 4.90 Å². The van der Waals surface area contributed by atoms with Gasteiger partial charge in [0.15, 0.2) is 0 Å². The molecule has 2 aliphatic heterocycles. The van der Waals surface area contributed by atoms with E-state index < -0.39 is 6.04 Å². The fourth-order valence-corrected chi connectivity index (χ4v) is 4.54. The van der Waals surface area contributed by atoms with E-state index in [2.05, 4.69) is 54.8 Å². The van der Waals surface area contributed by atoms with Crippen molar-refractivity contribution < 1.29 is 9.59 Å². The number of benzene rings is 1. The van der Waals surface area contributed by atoms with Gasteiger partial charge in [0.1, 0.15) is 6.04 Å². The van der Waals surface area contributed by atoms with E-state index >= 15 is 0 Å². The van der Waals surface area contributed by atoms with Crippen LogP contribution < -0.4 is 10.6 Å². The molecule has 5 nitrogen and oxygen atoms in total. The molecule has 1 aromatic carbocycles. The minimum absolute atomic E-state index is 0. The summed E-state index contributed by atoms with van der Waals surface area (Å²) in [5, 5.41) is 6.43. The minimum Gasteiger partial charge on any atom is -0.344 e. The number of halogens is 1. The molecule has 2 heterocycles. The molecule has 0 radical (unpaired) electrons. The Kier molecular flexibility index (Phi) is 10.1. The van der Waals surface area contributed by atoms with E-state index in [9.17, 15) is 9.59 Å². The lowest BCUT2D eigenvalue weighted by molar-refractivity contribution is -0.140. The smallest absolute Gasteiger partial charge is 0.245 e. The Hall–Kier alpha value is -1.59. The van der Waals surface area contributed by atoms with Crippen molar-refractivity contribution in [1.82, 2.24) is 15.5 Å². The molecule has 2 unspecified atom stereocenters. The molecular formula is C24H38ClN3O2. The first-order chi connectivity index (χ1) is 14.1. The average molecular weight is 436 g/mol. The maximum Gasteiger partial charge on any atom is 0.245 e. The van der Waals surface area contributed by atoms with Crippen molar-refractivity contribution in [3.05, 3.63) is 35.9 Å². The van der Waals surface area contributed by atoms with Gasteiger partial charge in [0.2, 0.25) is 11.8 Å². The molecule has 2 N–H and O–H groups in total. The van der Waals surface area contributed by atoms with E-state index in [0.29, 0.717) is 5.92 Å². The van der Waals surface area contributed by atoms with Crippen LogP contribution in [0.25, 0.3) is 0 Å². The number of hydrogen-bond acceptors (Lipinski definition) is 3. The minimum atomic E-state index is -0.395. The number of rotatable bonds is 7. The van der Waals surface area contributed by atoms with Crippen LogP contribution in [0.1, 0.15) is 51.5 Å². The first-order valence-electron chi connectivity index (χ1n) is 11.4. The lowest BCUT2D eigenvalue weighted by Crippen LogP contribution is -2.55. The second-order valence-electron chi connectivity index (χ2n) is 8.85. The molecule has 2 fully saturated rings. The molecule has 2 saturated heterocycles. The Morgan fingerprint density at radius 1 is 1.10 bits per heavy atom. The van der Waals surface area contributed by atoms with Crippen molar-refractivity contribution in [3.63, 3.8) is 0 Å². The fourth-order valence-electron chi connectivity index (χ4n) is 4.54. The lowest BCUT2D eigenvalue weighted by atomic mass is 9.89. The zero-order valence-corrected chi connectivity index (χ0v) is 19.3. The molecule has 0 aromatic heterocycles. The molecule has 6 heteroatoms. The standard InChI is InChI=1S/C24H37N3O2.ClH/c1-3-18(2)22(26-23(28)21-9-13-25-14-10-21)24(29)27-15-11-20(12-16-27)17-19-7-5-4-6-8-19;/h4-8,18,20-22,25H,3,9-17H2,1-2H3,(H,26,28);1H. The van der Waals surface area contributed by atoms with Crippen LogP contribution in [0.4, 0.5) is 0 Å². The molecule has 0 bridgehead atoms. The largest absolute Gasteiger partial charge is 0.344 e. The highest BCUT2D eigenvalue weighted by molar-refractivity contribution is 5.89. The maximum atomic E-state index is 13.3. The highest BCUT2D eigenvalue weighted by Gasteiger charge is 2.33. The molecule has 2 amide bonds. The summed E-state index contributed by atoms with van der Waals surface area (Å²) in [7, 11) is 0. The quantitative estimate of drug-likeness (QED) is 0.689. The van der Waals surface area contributed by atoms with E-state index in [4.69, 9.17) is 0 Å². The van der Waals surface area contributed by atoms with Crippen LogP contribution in [0.2, 0.25) is 0 Å². The van der Waals surface area contributed by atoms with Crippen LogP contribution in [0.5, 0.6) is 0 Å². The normalized spacial score (nSPS) is 20.1. The Bertz CT molecular complexity index is 656. The van der Waals surface area contributed by atoms with Crippen LogP contribution >= 0.6 is 12.4 Å². The molecule has 30 heavy (non-hydrogen) atoms. The van der Waals surface area contributed by atoms with Gasteiger partial charge in [-0.1, -0.05) is 50.6 Å². The van der Waals surface area contributed by atoms with Crippen LogP contribution in [-0.2, 0) is 16.0 Å². The topological polar surface area (TPSA) is 61.4 Å². The molecule has 0 aliphatic carbocycles. The van der Waals surface area contributed by atoms with Gasteiger partial charge in [-0.05, 0) is 62.6 Å². The van der Waals surface area contributed by atoms with Gasteiger partial charge in [-0.25, -0.2) is 0 Å². The average Bonchev–Trinajstić information content (AvgIpc) is 2.78. The van der Waals surface area contributed by atoms with Crippen molar-refractivity contribution in [1.29, 1.82) is 0 Å². The second-order valence-corrected chi connectivity index (χ2v) is 8.85. The van der Waals surface area contributed by atoms with Gasteiger partial charge < -0.3 is 15.5 Å². The summed E-state index contributed by atoms with van der Waals surface area (Å²) in [4.78, 5) is 28.0. The maximum absolute atomic E-state index is 13.3. The van der Waals surface area contributed by atoms with Crippen LogP contribution in [-0.4, -0.2) is 48.9 Å². The third-order valence-corrected chi connectivity index (χ3v) is 6.78. The van der Waals surface area contributed by atoms with Crippen molar-refractivity contribution in [2.75, 3.05) is 26.2 Å². The number of amides is 2. The summed E-state index contributed by atoms with van der Waals surface area (Å²) in [6.07, 6.45) is 5.76. The van der Waals surface area contributed by atoms with E-state index in [1.54, 1.807) is 0 Å². The van der Waals surface area contributed by atoms with Crippen LogP contribution in [0.15, 0.2) is 30.3 Å². The Morgan fingerprint density at radius 2 is 1.73 bits per heavy atom. The summed E-state index contributed by atoms with van der Waals surface area (Å²) in [5.41, 5.74) is 1.38. The van der Waals surface area contributed by atoms with Crippen LogP contribution in [0.3, 0.4) is 0 Å². The molecule has 2 atom stereocenters. The lowest BCUT2D eigenvalue weighted by Gasteiger charge is -2.36. The van der Waals surface area contributed by atoms with Gasteiger partial charge >= 0.3 is 0 Å². The second kappa shape index (κ2) is 12.3. The van der Waals surface area contributed by atoms with E-state index in [-0.39, 0.29) is 36.1 Å². The Balaban J connectivity index is 0.00000320. The third kappa shape index (κ3) is 6.71. The van der Waals surface area contributed by atoms with E-state index in [1.165, 1.54) is 5.56 Å². The van der Waals surface area contributed by atoms with Gasteiger partial charge in [0.05, 0.1) is 0 Å². The fraction of sp³-hybridized carbons (Fsp3) is 0.667. The van der Waals surface area contributed by atoms with Gasteiger partial charge in [0, 0.05) is 19.0 Å². The molecule has 1 aromatic rings. The zero-order valence-electron chi connectivity index (χ0n) is 18.4. The van der Waals surface area contributed by atoms with Crippen molar-refractivity contribution in [3.8, 4) is 0 Å². The third-order valence-electron chi connectivity index (χ3n) is 6.78. The summed E-state index contributed by atoms with van der Waals surface area (Å²) in [5.74, 6) is 0.985. The van der Waals surface area contributed by atoms with Gasteiger partial charge in [-0.15, -0.1) is 12.4 Å². The van der Waals surface area contributed by atoms with Gasteiger partial charge in [0.25, 0.3) is 0 Å². The number of nitrogens with zero attached hydrogens (tertiary/aromatic N) is 1. The summed E-state index contributed by atoms with van der Waals surface area (Å²) < 4.78 is 0. The summed E-state index contributed by atoms with van der Waals surface area (Å²) in [6.45, 7) is 7.53.